The van der Waals surface area contributed by atoms with Gasteiger partial charge in [0.15, 0.2) is 0 Å². The first kappa shape index (κ1) is 9.99. The number of benzene rings is 1. The zero-order chi connectivity index (χ0) is 10.7. The number of aliphatic carboxylic acids is 1. The fourth-order valence-corrected chi connectivity index (χ4v) is 0.782. The second-order valence-electron chi connectivity index (χ2n) is 2.41. The number of carboxylic acid groups (broad SMARTS) is 1. The minimum Gasteiger partial charge on any atom is -0.472 e. The van der Waals surface area contributed by atoms with Gasteiger partial charge in [0.25, 0.3) is 0 Å². The lowest BCUT2D eigenvalue weighted by Gasteiger charge is -1.98. The molecule has 72 valence electrons. The standard InChI is InChI=1S/C9H5F2NO2/c10-6-3-5(1-2-8(13)14)4-7(11)9(6)12/h3-4H,12H2,(H,13,14). The maximum absolute atomic E-state index is 12.8. The molecule has 0 atom stereocenters. The number of nitrogens with two attached hydrogens (primary N) is 1. The molecular weight excluding hydrogens is 192 g/mol. The summed E-state index contributed by atoms with van der Waals surface area (Å²) in [4.78, 5) is 10.0. The molecule has 0 saturated heterocycles. The highest BCUT2D eigenvalue weighted by Crippen LogP contribution is 2.16. The first-order valence-electron chi connectivity index (χ1n) is 3.50. The number of anilines is 1. The summed E-state index contributed by atoms with van der Waals surface area (Å²) in [6.07, 6.45) is 0. The number of halogens is 2. The van der Waals surface area contributed by atoms with Gasteiger partial charge in [-0.05, 0) is 12.1 Å². The van der Waals surface area contributed by atoms with E-state index in [1.54, 1.807) is 5.92 Å². The van der Waals surface area contributed by atoms with Crippen LogP contribution in [0.2, 0.25) is 0 Å². The Bertz CT molecular complexity index is 423. The molecule has 0 amide bonds. The molecule has 0 saturated carbocycles. The molecule has 0 bridgehead atoms. The van der Waals surface area contributed by atoms with Crippen molar-refractivity contribution >= 4 is 11.7 Å². The molecule has 14 heavy (non-hydrogen) atoms. The minimum absolute atomic E-state index is 0.0726. The molecule has 0 fully saturated rings. The summed E-state index contributed by atoms with van der Waals surface area (Å²) in [5.74, 6) is 0.506. The van der Waals surface area contributed by atoms with Gasteiger partial charge in [-0.2, -0.15) is 0 Å². The van der Waals surface area contributed by atoms with Crippen molar-refractivity contribution in [3.05, 3.63) is 29.3 Å². The van der Waals surface area contributed by atoms with Crippen LogP contribution in [0.3, 0.4) is 0 Å². The van der Waals surface area contributed by atoms with Crippen LogP contribution in [0.15, 0.2) is 12.1 Å². The molecule has 0 aliphatic heterocycles. The summed E-state index contributed by atoms with van der Waals surface area (Å²) in [5, 5.41) is 8.18. The molecule has 3 N–H and O–H groups in total. The average molecular weight is 197 g/mol. The lowest BCUT2D eigenvalue weighted by atomic mass is 10.2. The van der Waals surface area contributed by atoms with E-state index in [4.69, 9.17) is 10.8 Å². The van der Waals surface area contributed by atoms with Crippen LogP contribution in [0.1, 0.15) is 5.56 Å². The van der Waals surface area contributed by atoms with E-state index in [0.29, 0.717) is 0 Å². The van der Waals surface area contributed by atoms with E-state index >= 15 is 0 Å². The number of carboxylic acids is 1. The molecule has 0 spiro atoms. The molecule has 1 aromatic rings. The highest BCUT2D eigenvalue weighted by atomic mass is 19.1. The number of rotatable bonds is 0. The summed E-state index contributed by atoms with van der Waals surface area (Å²) in [5.41, 5.74) is 4.31. The highest BCUT2D eigenvalue weighted by Gasteiger charge is 2.05. The van der Waals surface area contributed by atoms with Gasteiger partial charge in [-0.15, -0.1) is 0 Å². The third kappa shape index (κ3) is 2.20. The molecule has 0 heterocycles. The molecule has 0 aliphatic carbocycles. The van der Waals surface area contributed by atoms with Gasteiger partial charge >= 0.3 is 5.97 Å². The Balaban J connectivity index is 3.15. The van der Waals surface area contributed by atoms with Crippen molar-refractivity contribution in [2.75, 3.05) is 5.73 Å². The van der Waals surface area contributed by atoms with Gasteiger partial charge in [-0.25, -0.2) is 13.6 Å². The number of hydrogen-bond acceptors (Lipinski definition) is 2. The second-order valence-corrected chi connectivity index (χ2v) is 2.41. The largest absolute Gasteiger partial charge is 0.472 e. The van der Waals surface area contributed by atoms with E-state index in [1.165, 1.54) is 0 Å². The van der Waals surface area contributed by atoms with Gasteiger partial charge < -0.3 is 10.8 Å². The molecular formula is C9H5F2NO2. The van der Waals surface area contributed by atoms with E-state index < -0.39 is 23.3 Å². The lowest BCUT2D eigenvalue weighted by Crippen LogP contribution is -1.96. The van der Waals surface area contributed by atoms with Gasteiger partial charge in [0.1, 0.15) is 17.3 Å². The Labute approximate surface area is 78.2 Å². The number of hydrogen-bond donors (Lipinski definition) is 2. The number of carbonyl (C=O) groups is 1. The van der Waals surface area contributed by atoms with E-state index in [-0.39, 0.29) is 5.56 Å². The van der Waals surface area contributed by atoms with Crippen molar-refractivity contribution < 1.29 is 18.7 Å². The van der Waals surface area contributed by atoms with Crippen LogP contribution in [0.25, 0.3) is 0 Å². The van der Waals surface area contributed by atoms with Gasteiger partial charge in [-0.3, -0.25) is 0 Å². The molecule has 3 nitrogen and oxygen atoms in total. The maximum Gasteiger partial charge on any atom is 0.382 e. The zero-order valence-corrected chi connectivity index (χ0v) is 6.84. The second kappa shape index (κ2) is 3.75. The summed E-state index contributed by atoms with van der Waals surface area (Å²) in [6.45, 7) is 0. The minimum atomic E-state index is -1.37. The van der Waals surface area contributed by atoms with E-state index in [9.17, 15) is 13.6 Å². The third-order valence-corrected chi connectivity index (χ3v) is 1.39. The summed E-state index contributed by atoms with van der Waals surface area (Å²) >= 11 is 0. The van der Waals surface area contributed by atoms with Crippen LogP contribution in [0, 0.1) is 23.5 Å². The predicted molar refractivity (Wildman–Crippen MR) is 45.3 cm³/mol. The highest BCUT2D eigenvalue weighted by molar-refractivity contribution is 5.87. The Kier molecular flexibility index (Phi) is 2.67. The molecule has 5 heteroatoms. The van der Waals surface area contributed by atoms with E-state index in [1.807, 2.05) is 0 Å². The lowest BCUT2D eigenvalue weighted by molar-refractivity contribution is -0.130. The smallest absolute Gasteiger partial charge is 0.382 e. The Morgan fingerprint density at radius 3 is 2.29 bits per heavy atom. The summed E-state index contributed by atoms with van der Waals surface area (Å²) in [7, 11) is 0. The molecule has 0 unspecified atom stereocenters. The SMILES string of the molecule is Nc1c(F)cc(C#CC(=O)O)cc1F. The molecule has 1 aromatic carbocycles. The number of nitrogen functional groups attached to an aromatic ring is 1. The van der Waals surface area contributed by atoms with Crippen molar-refractivity contribution in [1.29, 1.82) is 0 Å². The third-order valence-electron chi connectivity index (χ3n) is 1.39. The molecule has 1 rings (SSSR count). The van der Waals surface area contributed by atoms with Crippen LogP contribution >= 0.6 is 0 Å². The zero-order valence-electron chi connectivity index (χ0n) is 6.84. The van der Waals surface area contributed by atoms with Gasteiger partial charge in [0.05, 0.1) is 0 Å². The quantitative estimate of drug-likeness (QED) is 0.481. The summed E-state index contributed by atoms with van der Waals surface area (Å²) in [6, 6.07) is 1.74. The summed E-state index contributed by atoms with van der Waals surface area (Å²) < 4.78 is 25.6. The monoisotopic (exact) mass is 197 g/mol. The van der Waals surface area contributed by atoms with Gasteiger partial charge in [-0.1, -0.05) is 5.92 Å². The topological polar surface area (TPSA) is 63.3 Å². The van der Waals surface area contributed by atoms with Crippen molar-refractivity contribution in [2.24, 2.45) is 0 Å². The maximum atomic E-state index is 12.8. The molecule has 0 aromatic heterocycles. The van der Waals surface area contributed by atoms with Crippen molar-refractivity contribution in [2.45, 2.75) is 0 Å². The van der Waals surface area contributed by atoms with Crippen LogP contribution < -0.4 is 5.73 Å². The fourth-order valence-electron chi connectivity index (χ4n) is 0.782. The van der Waals surface area contributed by atoms with Crippen molar-refractivity contribution in [3.8, 4) is 11.8 Å². The average Bonchev–Trinajstić information content (AvgIpc) is 2.10. The van der Waals surface area contributed by atoms with Crippen LogP contribution in [0.5, 0.6) is 0 Å². The first-order chi connectivity index (χ1) is 6.50. The van der Waals surface area contributed by atoms with Crippen LogP contribution in [0.4, 0.5) is 14.5 Å². The Morgan fingerprint density at radius 1 is 1.36 bits per heavy atom. The van der Waals surface area contributed by atoms with Crippen LogP contribution in [-0.4, -0.2) is 11.1 Å². The normalized spacial score (nSPS) is 9.00. The van der Waals surface area contributed by atoms with Gasteiger partial charge in [0, 0.05) is 11.5 Å². The van der Waals surface area contributed by atoms with Gasteiger partial charge in [0.2, 0.25) is 0 Å². The van der Waals surface area contributed by atoms with E-state index in [2.05, 4.69) is 5.92 Å². The molecule has 0 aliphatic rings. The first-order valence-corrected chi connectivity index (χ1v) is 3.50. The predicted octanol–water partition coefficient (Wildman–Crippen LogP) is 0.983. The Hall–Kier alpha value is -2.09. The molecule has 0 radical (unpaired) electrons. The fraction of sp³-hybridized carbons (Fsp3) is 0. The van der Waals surface area contributed by atoms with Crippen LogP contribution in [-0.2, 0) is 4.79 Å². The van der Waals surface area contributed by atoms with Crippen molar-refractivity contribution in [1.82, 2.24) is 0 Å². The van der Waals surface area contributed by atoms with Crippen molar-refractivity contribution in [3.63, 3.8) is 0 Å². The Morgan fingerprint density at radius 2 is 1.86 bits per heavy atom. The van der Waals surface area contributed by atoms with E-state index in [0.717, 1.165) is 12.1 Å².